The predicted octanol–water partition coefficient (Wildman–Crippen LogP) is 2.74. The van der Waals surface area contributed by atoms with Gasteiger partial charge in [0.2, 0.25) is 5.56 Å². The minimum Gasteiger partial charge on any atom is -0.322 e. The standard InChI is InChI=1S/C16H12FNO3S/c1-22(20,21)11-4-2-10(3-5-11)12-6-8-14-13(16(12)17)7-9-15(19)18-14/h2-9H,1H3,(H,18,19). The van der Waals surface area contributed by atoms with Crippen LogP contribution in [0.4, 0.5) is 4.39 Å². The molecular weight excluding hydrogens is 305 g/mol. The number of pyridine rings is 1. The summed E-state index contributed by atoms with van der Waals surface area (Å²) < 4.78 is 37.5. The monoisotopic (exact) mass is 317 g/mol. The number of halogens is 1. The van der Waals surface area contributed by atoms with E-state index in [4.69, 9.17) is 0 Å². The molecule has 1 heterocycles. The molecule has 0 aliphatic carbocycles. The lowest BCUT2D eigenvalue weighted by molar-refractivity contribution is 0.602. The molecular formula is C16H12FNO3S. The van der Waals surface area contributed by atoms with Gasteiger partial charge in [0.05, 0.1) is 10.4 Å². The van der Waals surface area contributed by atoms with Gasteiger partial charge in [-0.05, 0) is 35.9 Å². The van der Waals surface area contributed by atoms with Gasteiger partial charge in [0.1, 0.15) is 5.82 Å². The van der Waals surface area contributed by atoms with Crippen molar-refractivity contribution >= 4 is 20.7 Å². The summed E-state index contributed by atoms with van der Waals surface area (Å²) in [6, 6.07) is 11.9. The van der Waals surface area contributed by atoms with E-state index in [2.05, 4.69) is 4.98 Å². The largest absolute Gasteiger partial charge is 0.322 e. The van der Waals surface area contributed by atoms with E-state index in [1.54, 1.807) is 24.3 Å². The van der Waals surface area contributed by atoms with Crippen LogP contribution in [0.5, 0.6) is 0 Å². The highest BCUT2D eigenvalue weighted by Crippen LogP contribution is 2.28. The van der Waals surface area contributed by atoms with E-state index in [0.29, 0.717) is 22.0 Å². The molecule has 0 bridgehead atoms. The van der Waals surface area contributed by atoms with Gasteiger partial charge in [0.25, 0.3) is 0 Å². The number of sulfone groups is 1. The van der Waals surface area contributed by atoms with Crippen LogP contribution in [0.15, 0.2) is 58.2 Å². The molecule has 0 unspecified atom stereocenters. The number of nitrogens with one attached hydrogen (secondary N) is 1. The Bertz CT molecular complexity index is 1020. The van der Waals surface area contributed by atoms with Gasteiger partial charge in [0.15, 0.2) is 9.84 Å². The Hall–Kier alpha value is -2.47. The van der Waals surface area contributed by atoms with Gasteiger partial charge in [-0.2, -0.15) is 0 Å². The van der Waals surface area contributed by atoms with Crippen LogP contribution in [0.25, 0.3) is 22.0 Å². The van der Waals surface area contributed by atoms with E-state index in [0.717, 1.165) is 6.26 Å². The molecule has 3 aromatic rings. The Kier molecular flexibility index (Phi) is 3.33. The van der Waals surface area contributed by atoms with Crippen LogP contribution in [0.3, 0.4) is 0 Å². The summed E-state index contributed by atoms with van der Waals surface area (Å²) in [7, 11) is -3.28. The number of fused-ring (bicyclic) bond motifs is 1. The number of aromatic amines is 1. The molecule has 0 saturated carbocycles. The van der Waals surface area contributed by atoms with Crippen molar-refractivity contribution in [2.24, 2.45) is 0 Å². The smallest absolute Gasteiger partial charge is 0.248 e. The number of H-pyrrole nitrogens is 1. The first-order valence-electron chi connectivity index (χ1n) is 6.48. The first kappa shape index (κ1) is 14.5. The summed E-state index contributed by atoms with van der Waals surface area (Å²) in [4.78, 5) is 14.0. The van der Waals surface area contributed by atoms with Crippen LogP contribution in [0.1, 0.15) is 0 Å². The molecule has 22 heavy (non-hydrogen) atoms. The number of hydrogen-bond acceptors (Lipinski definition) is 3. The van der Waals surface area contributed by atoms with E-state index in [-0.39, 0.29) is 10.5 Å². The highest BCUT2D eigenvalue weighted by atomic mass is 32.2. The second-order valence-corrected chi connectivity index (χ2v) is 7.02. The third kappa shape index (κ3) is 2.53. The minimum absolute atomic E-state index is 0.182. The van der Waals surface area contributed by atoms with Crippen molar-refractivity contribution < 1.29 is 12.8 Å². The Morgan fingerprint density at radius 3 is 2.27 bits per heavy atom. The Balaban J connectivity index is 2.16. The molecule has 2 aromatic carbocycles. The summed E-state index contributed by atoms with van der Waals surface area (Å²) >= 11 is 0. The summed E-state index contributed by atoms with van der Waals surface area (Å²) in [6.07, 6.45) is 1.12. The molecule has 6 heteroatoms. The SMILES string of the molecule is CS(=O)(=O)c1ccc(-c2ccc3[nH]c(=O)ccc3c2F)cc1. The second-order valence-electron chi connectivity index (χ2n) is 5.01. The van der Waals surface area contributed by atoms with Crippen molar-refractivity contribution in [2.75, 3.05) is 6.26 Å². The first-order valence-corrected chi connectivity index (χ1v) is 8.37. The maximum absolute atomic E-state index is 14.6. The molecule has 0 saturated heterocycles. The third-order valence-corrected chi connectivity index (χ3v) is 4.56. The van der Waals surface area contributed by atoms with Gasteiger partial charge in [-0.1, -0.05) is 12.1 Å². The number of benzene rings is 2. The molecule has 4 nitrogen and oxygen atoms in total. The lowest BCUT2D eigenvalue weighted by atomic mass is 10.0. The summed E-state index contributed by atoms with van der Waals surface area (Å²) in [5.41, 5.74) is 1.04. The molecule has 0 spiro atoms. The molecule has 0 aliphatic rings. The van der Waals surface area contributed by atoms with Gasteiger partial charge in [-0.15, -0.1) is 0 Å². The van der Waals surface area contributed by atoms with E-state index >= 15 is 0 Å². The Labute approximate surface area is 126 Å². The average Bonchev–Trinajstić information content (AvgIpc) is 2.47. The van der Waals surface area contributed by atoms with Crippen LogP contribution >= 0.6 is 0 Å². The van der Waals surface area contributed by atoms with Gasteiger partial charge < -0.3 is 4.98 Å². The molecule has 112 valence electrons. The number of hydrogen-bond donors (Lipinski definition) is 1. The van der Waals surface area contributed by atoms with Crippen molar-refractivity contribution in [3.63, 3.8) is 0 Å². The fraction of sp³-hybridized carbons (Fsp3) is 0.0625. The first-order chi connectivity index (χ1) is 10.4. The maximum Gasteiger partial charge on any atom is 0.248 e. The topological polar surface area (TPSA) is 67.0 Å². The molecule has 0 aliphatic heterocycles. The minimum atomic E-state index is -3.28. The summed E-state index contributed by atoms with van der Waals surface area (Å²) in [5, 5.41) is 0.310. The van der Waals surface area contributed by atoms with Crippen molar-refractivity contribution in [1.82, 2.24) is 4.98 Å². The van der Waals surface area contributed by atoms with Crippen LogP contribution in [0.2, 0.25) is 0 Å². The number of aromatic nitrogens is 1. The summed E-state index contributed by atoms with van der Waals surface area (Å²) in [5.74, 6) is -0.458. The fourth-order valence-corrected chi connectivity index (χ4v) is 2.93. The van der Waals surface area contributed by atoms with Crippen LogP contribution in [0, 0.1) is 5.82 Å². The van der Waals surface area contributed by atoms with Crippen molar-refractivity contribution in [1.29, 1.82) is 0 Å². The van der Waals surface area contributed by atoms with Crippen molar-refractivity contribution in [2.45, 2.75) is 4.90 Å². The van der Waals surface area contributed by atoms with Crippen LogP contribution in [-0.4, -0.2) is 19.7 Å². The molecule has 1 aromatic heterocycles. The van der Waals surface area contributed by atoms with Gasteiger partial charge in [0, 0.05) is 23.3 Å². The normalized spacial score (nSPS) is 11.7. The Morgan fingerprint density at radius 1 is 0.955 bits per heavy atom. The van der Waals surface area contributed by atoms with E-state index in [1.165, 1.54) is 24.3 Å². The van der Waals surface area contributed by atoms with Crippen LogP contribution < -0.4 is 5.56 Å². The fourth-order valence-electron chi connectivity index (χ4n) is 2.30. The maximum atomic E-state index is 14.6. The molecule has 0 fully saturated rings. The zero-order valence-electron chi connectivity index (χ0n) is 11.6. The van der Waals surface area contributed by atoms with E-state index < -0.39 is 15.7 Å². The van der Waals surface area contributed by atoms with Gasteiger partial charge in [-0.25, -0.2) is 12.8 Å². The zero-order chi connectivity index (χ0) is 15.9. The number of rotatable bonds is 2. The predicted molar refractivity (Wildman–Crippen MR) is 83.1 cm³/mol. The Morgan fingerprint density at radius 2 is 1.64 bits per heavy atom. The highest BCUT2D eigenvalue weighted by molar-refractivity contribution is 7.90. The lowest BCUT2D eigenvalue weighted by Gasteiger charge is -2.07. The van der Waals surface area contributed by atoms with Gasteiger partial charge >= 0.3 is 0 Å². The zero-order valence-corrected chi connectivity index (χ0v) is 12.4. The van der Waals surface area contributed by atoms with Crippen LogP contribution in [-0.2, 0) is 9.84 Å². The summed E-state index contributed by atoms with van der Waals surface area (Å²) in [6.45, 7) is 0. The van der Waals surface area contributed by atoms with Crippen molar-refractivity contribution in [3.05, 3.63) is 64.7 Å². The van der Waals surface area contributed by atoms with Gasteiger partial charge in [-0.3, -0.25) is 4.79 Å². The third-order valence-electron chi connectivity index (χ3n) is 3.43. The molecule has 0 radical (unpaired) electrons. The molecule has 0 atom stereocenters. The van der Waals surface area contributed by atoms with E-state index in [9.17, 15) is 17.6 Å². The second kappa shape index (κ2) is 5.06. The lowest BCUT2D eigenvalue weighted by Crippen LogP contribution is -2.03. The molecule has 0 amide bonds. The molecule has 3 rings (SSSR count). The highest BCUT2D eigenvalue weighted by Gasteiger charge is 2.11. The average molecular weight is 317 g/mol. The quantitative estimate of drug-likeness (QED) is 0.790. The van der Waals surface area contributed by atoms with Crippen molar-refractivity contribution in [3.8, 4) is 11.1 Å². The molecule has 1 N–H and O–H groups in total. The van der Waals surface area contributed by atoms with E-state index in [1.807, 2.05) is 0 Å².